The summed E-state index contributed by atoms with van der Waals surface area (Å²) in [5.41, 5.74) is -0.489. The lowest BCUT2D eigenvalue weighted by Gasteiger charge is -2.40. The predicted molar refractivity (Wildman–Crippen MR) is 145 cm³/mol. The Kier molecular flexibility index (Phi) is 9.56. The van der Waals surface area contributed by atoms with Crippen LogP contribution in [0.4, 0.5) is 0 Å². The molecule has 2 aliphatic carbocycles. The molecule has 0 bridgehead atoms. The number of likely N-dealkylation sites (tertiary alicyclic amines) is 1. The van der Waals surface area contributed by atoms with Gasteiger partial charge in [0.15, 0.2) is 0 Å². The average Bonchev–Trinajstić information content (AvgIpc) is 3.33. The maximum Gasteiger partial charge on any atom is 0.224 e. The van der Waals surface area contributed by atoms with Crippen LogP contribution >= 0.6 is 0 Å². The van der Waals surface area contributed by atoms with Crippen molar-refractivity contribution in [1.29, 1.82) is 5.26 Å². The highest BCUT2D eigenvalue weighted by atomic mass is 16.5. The van der Waals surface area contributed by atoms with Crippen molar-refractivity contribution >= 4 is 11.8 Å². The quantitative estimate of drug-likeness (QED) is 0.540. The molecule has 0 aromatic carbocycles. The Morgan fingerprint density at radius 2 is 1.70 bits per heavy atom. The molecular formula is C30H50N4O3. The van der Waals surface area contributed by atoms with E-state index in [-0.39, 0.29) is 24.2 Å². The van der Waals surface area contributed by atoms with Crippen molar-refractivity contribution in [3.05, 3.63) is 0 Å². The molecule has 0 unspecified atom stereocenters. The maximum absolute atomic E-state index is 13.7. The summed E-state index contributed by atoms with van der Waals surface area (Å²) >= 11 is 0. The maximum atomic E-state index is 13.7. The van der Waals surface area contributed by atoms with Crippen molar-refractivity contribution in [2.24, 2.45) is 23.2 Å². The SMILES string of the molecule is CC(C)(C)[C@H]1CC[C@H](N2CC[C@](C#N)(NC(=O)[C@@H](CC(=O)N3CCOCC3)CC3CCCCC3)C2)CC1. The highest BCUT2D eigenvalue weighted by Gasteiger charge is 2.44. The topological polar surface area (TPSA) is 85.7 Å². The van der Waals surface area contributed by atoms with Gasteiger partial charge >= 0.3 is 0 Å². The van der Waals surface area contributed by atoms with Crippen LogP contribution in [0, 0.1) is 34.5 Å². The van der Waals surface area contributed by atoms with Gasteiger partial charge in [0.1, 0.15) is 5.54 Å². The number of hydrogen-bond donors (Lipinski definition) is 1. The fourth-order valence-electron chi connectivity index (χ4n) is 7.28. The van der Waals surface area contributed by atoms with E-state index in [1.165, 1.54) is 44.9 Å². The van der Waals surface area contributed by atoms with E-state index in [2.05, 4.69) is 37.1 Å². The van der Waals surface area contributed by atoms with Crippen molar-refractivity contribution in [3.63, 3.8) is 0 Å². The largest absolute Gasteiger partial charge is 0.378 e. The Hall–Kier alpha value is -1.65. The zero-order chi connectivity index (χ0) is 26.5. The van der Waals surface area contributed by atoms with Gasteiger partial charge in [-0.05, 0) is 55.8 Å². The number of ether oxygens (including phenoxy) is 1. The van der Waals surface area contributed by atoms with E-state index in [0.717, 1.165) is 31.7 Å². The second kappa shape index (κ2) is 12.5. The van der Waals surface area contributed by atoms with Crippen LogP contribution in [0.5, 0.6) is 0 Å². The van der Waals surface area contributed by atoms with E-state index in [0.29, 0.717) is 56.6 Å². The number of nitriles is 1. The molecule has 1 N–H and O–H groups in total. The minimum atomic E-state index is -0.842. The third kappa shape index (κ3) is 7.47. The van der Waals surface area contributed by atoms with Gasteiger partial charge in [-0.2, -0.15) is 5.26 Å². The van der Waals surface area contributed by atoms with Crippen molar-refractivity contribution in [1.82, 2.24) is 15.1 Å². The van der Waals surface area contributed by atoms with Crippen LogP contribution in [-0.2, 0) is 14.3 Å². The van der Waals surface area contributed by atoms with E-state index < -0.39 is 5.54 Å². The summed E-state index contributed by atoms with van der Waals surface area (Å²) in [6.07, 6.45) is 12.5. The van der Waals surface area contributed by atoms with E-state index in [1.54, 1.807) is 0 Å². The number of nitrogens with zero attached hydrogens (tertiary/aromatic N) is 3. The lowest BCUT2D eigenvalue weighted by molar-refractivity contribution is -0.140. The Morgan fingerprint density at radius 3 is 2.32 bits per heavy atom. The lowest BCUT2D eigenvalue weighted by atomic mass is 9.71. The number of morpholine rings is 1. The molecular weight excluding hydrogens is 464 g/mol. The predicted octanol–water partition coefficient (Wildman–Crippen LogP) is 4.51. The summed E-state index contributed by atoms with van der Waals surface area (Å²) < 4.78 is 5.41. The Bertz CT molecular complexity index is 814. The van der Waals surface area contributed by atoms with Gasteiger partial charge in [0.25, 0.3) is 0 Å². The summed E-state index contributed by atoms with van der Waals surface area (Å²) in [4.78, 5) is 31.1. The molecule has 4 fully saturated rings. The standard InChI is InChI=1S/C30H50N4O3/c1-29(2,3)25-9-11-26(12-10-25)34-14-13-30(21-31,22-34)32-28(36)24(19-23-7-5-4-6-8-23)20-27(35)33-15-17-37-18-16-33/h23-26H,4-20,22H2,1-3H3,(H,32,36)/t24-,25-,26-,30-/m1/s1. The Morgan fingerprint density at radius 1 is 1.03 bits per heavy atom. The molecule has 0 spiro atoms. The third-order valence-corrected chi connectivity index (χ3v) is 9.81. The number of hydrogen-bond acceptors (Lipinski definition) is 5. The molecule has 2 atom stereocenters. The summed E-state index contributed by atoms with van der Waals surface area (Å²) in [7, 11) is 0. The highest BCUT2D eigenvalue weighted by molar-refractivity contribution is 5.86. The van der Waals surface area contributed by atoms with Crippen LogP contribution in [0.15, 0.2) is 0 Å². The minimum Gasteiger partial charge on any atom is -0.378 e. The smallest absolute Gasteiger partial charge is 0.224 e. The molecule has 2 saturated carbocycles. The molecule has 37 heavy (non-hydrogen) atoms. The minimum absolute atomic E-state index is 0.0499. The molecule has 208 valence electrons. The van der Waals surface area contributed by atoms with Gasteiger partial charge in [-0.15, -0.1) is 0 Å². The summed E-state index contributed by atoms with van der Waals surface area (Å²) in [6, 6.07) is 3.01. The first-order chi connectivity index (χ1) is 17.7. The fourth-order valence-corrected chi connectivity index (χ4v) is 7.28. The van der Waals surface area contributed by atoms with Crippen LogP contribution in [0.3, 0.4) is 0 Å². The first-order valence-corrected chi connectivity index (χ1v) is 15.0. The zero-order valence-electron chi connectivity index (χ0n) is 23.6. The monoisotopic (exact) mass is 514 g/mol. The molecule has 2 amide bonds. The Labute approximate surface area is 224 Å². The van der Waals surface area contributed by atoms with E-state index >= 15 is 0 Å². The molecule has 0 aromatic rings. The molecule has 2 heterocycles. The first kappa shape index (κ1) is 28.4. The molecule has 0 aromatic heterocycles. The fraction of sp³-hybridized carbons (Fsp3) is 0.900. The zero-order valence-corrected chi connectivity index (χ0v) is 23.6. The van der Waals surface area contributed by atoms with Crippen LogP contribution < -0.4 is 5.32 Å². The summed E-state index contributed by atoms with van der Waals surface area (Å²) in [5.74, 6) is 0.857. The van der Waals surface area contributed by atoms with Gasteiger partial charge < -0.3 is 15.0 Å². The number of rotatable bonds is 7. The van der Waals surface area contributed by atoms with E-state index in [4.69, 9.17) is 4.74 Å². The summed E-state index contributed by atoms with van der Waals surface area (Å²) in [5, 5.41) is 13.4. The normalized spacial score (nSPS) is 31.0. The lowest BCUT2D eigenvalue weighted by Crippen LogP contribution is -2.53. The van der Waals surface area contributed by atoms with Crippen molar-refractivity contribution in [2.75, 3.05) is 39.4 Å². The molecule has 2 aliphatic heterocycles. The second-order valence-corrected chi connectivity index (χ2v) is 13.4. The summed E-state index contributed by atoms with van der Waals surface area (Å²) in [6.45, 7) is 10.8. The van der Waals surface area contributed by atoms with Crippen LogP contribution in [-0.4, -0.2) is 72.6 Å². The number of carbonyl (C=O) groups excluding carboxylic acids is 2. The molecule has 4 rings (SSSR count). The van der Waals surface area contributed by atoms with Gasteiger partial charge in [0, 0.05) is 44.6 Å². The first-order valence-electron chi connectivity index (χ1n) is 15.0. The van der Waals surface area contributed by atoms with Gasteiger partial charge in [-0.1, -0.05) is 52.9 Å². The molecule has 4 aliphatic rings. The van der Waals surface area contributed by atoms with E-state index in [1.807, 2.05) is 4.90 Å². The van der Waals surface area contributed by atoms with Crippen LogP contribution in [0.25, 0.3) is 0 Å². The van der Waals surface area contributed by atoms with Crippen LogP contribution in [0.2, 0.25) is 0 Å². The number of carbonyl (C=O) groups is 2. The Balaban J connectivity index is 1.37. The van der Waals surface area contributed by atoms with Gasteiger partial charge in [0.2, 0.25) is 11.8 Å². The van der Waals surface area contributed by atoms with Gasteiger partial charge in [-0.25, -0.2) is 0 Å². The number of amides is 2. The van der Waals surface area contributed by atoms with E-state index in [9.17, 15) is 14.9 Å². The average molecular weight is 515 g/mol. The van der Waals surface area contributed by atoms with Gasteiger partial charge in [0.05, 0.1) is 19.3 Å². The van der Waals surface area contributed by atoms with Gasteiger partial charge in [-0.3, -0.25) is 14.5 Å². The van der Waals surface area contributed by atoms with Crippen LogP contribution in [0.1, 0.15) is 97.8 Å². The van der Waals surface area contributed by atoms with Crippen molar-refractivity contribution in [3.8, 4) is 6.07 Å². The van der Waals surface area contributed by atoms with Crippen molar-refractivity contribution < 1.29 is 14.3 Å². The molecule has 7 heteroatoms. The number of nitrogens with one attached hydrogen (secondary N) is 1. The molecule has 7 nitrogen and oxygen atoms in total. The molecule has 0 radical (unpaired) electrons. The second-order valence-electron chi connectivity index (χ2n) is 13.4. The van der Waals surface area contributed by atoms with Crippen molar-refractivity contribution in [2.45, 2.75) is 109 Å². The molecule has 2 saturated heterocycles. The highest BCUT2D eigenvalue weighted by Crippen LogP contribution is 2.40. The third-order valence-electron chi connectivity index (χ3n) is 9.81.